The molecule has 4 aromatic heterocycles. The number of allylic oxidation sites excluding steroid dienone is 5. The minimum atomic E-state index is 0.205. The molecule has 0 radical (unpaired) electrons. The van der Waals surface area contributed by atoms with E-state index in [1.54, 1.807) is 0 Å². The molecule has 0 bridgehead atoms. The minimum absolute atomic E-state index is 0.205. The Morgan fingerprint density at radius 2 is 1.23 bits per heavy atom. The van der Waals surface area contributed by atoms with Gasteiger partial charge in [-0.3, -0.25) is 9.98 Å². The summed E-state index contributed by atoms with van der Waals surface area (Å²) in [5.41, 5.74) is 12.1. The maximum absolute atomic E-state index is 6.22. The molecule has 0 amide bonds. The largest absolute Gasteiger partial charge is 0.415 e. The summed E-state index contributed by atoms with van der Waals surface area (Å²) in [6.07, 6.45) is 15.5. The van der Waals surface area contributed by atoms with Crippen LogP contribution in [0, 0.1) is 5.92 Å². The van der Waals surface area contributed by atoms with E-state index in [4.69, 9.17) is 28.8 Å². The van der Waals surface area contributed by atoms with Crippen LogP contribution in [0.5, 0.6) is 0 Å². The van der Waals surface area contributed by atoms with Crippen molar-refractivity contribution in [3.05, 3.63) is 120 Å². The van der Waals surface area contributed by atoms with E-state index in [-0.39, 0.29) is 5.92 Å². The first-order valence-electron chi connectivity index (χ1n) is 19.8. The van der Waals surface area contributed by atoms with Gasteiger partial charge in [-0.15, -0.1) is 27.0 Å². The lowest BCUT2D eigenvalue weighted by atomic mass is 9.92. The van der Waals surface area contributed by atoms with Crippen LogP contribution in [0.2, 0.25) is 0 Å². The summed E-state index contributed by atoms with van der Waals surface area (Å²) < 4.78 is 12.4. The number of fused-ring (bicyclic) bond motifs is 6. The Kier molecular flexibility index (Phi) is 9.76. The van der Waals surface area contributed by atoms with Crippen LogP contribution in [-0.2, 0) is 12.8 Å². The topological polar surface area (TPSA) is 128 Å². The van der Waals surface area contributed by atoms with Crippen LogP contribution in [0.1, 0.15) is 64.0 Å². The Balaban J connectivity index is 0.00000137. The lowest BCUT2D eigenvalue weighted by Gasteiger charge is -2.19. The Morgan fingerprint density at radius 1 is 0.667 bits per heavy atom. The summed E-state index contributed by atoms with van der Waals surface area (Å²) >= 11 is 0. The molecular formula is C47H42N8O2. The molecule has 10 heteroatoms. The van der Waals surface area contributed by atoms with E-state index in [0.717, 1.165) is 83.1 Å². The SMILES string of the molecule is C=CC(C)C1=Nc2c(ccc3ccc(-c4nnc(-c5cccc(-c6nnc(-c7ccc8ccc9c(c8n7)N=C(C7=CC=CCC7)CC9)o6)c5)o4)nc23)CC1.CCC. The van der Waals surface area contributed by atoms with Crippen LogP contribution in [0.4, 0.5) is 11.4 Å². The quantitative estimate of drug-likeness (QED) is 0.147. The molecule has 7 aromatic rings. The summed E-state index contributed by atoms with van der Waals surface area (Å²) in [6, 6.07) is 24.0. The Labute approximate surface area is 331 Å². The standard InChI is InChI=1S/C44H34N8O2.C3H8/c1-3-25(2)33-20-16-27-12-14-29-18-22-35(47-39(29)37(27)45-33)43-51-49-41(53-43)31-10-7-11-32(24-31)42-50-52-44(54-42)36-23-19-30-15-13-28-17-21-34(26-8-5-4-6-9-26)46-38(28)40(30)48-36;1-3-2/h3-5,7-8,10-15,18-19,22-25H,1,6,9,16-17,20-21H2,2H3;3H2,1-2H3. The molecule has 0 spiro atoms. The van der Waals surface area contributed by atoms with Crippen molar-refractivity contribution in [3.8, 4) is 46.1 Å². The predicted molar refractivity (Wildman–Crippen MR) is 227 cm³/mol. The molecule has 1 unspecified atom stereocenters. The molecular weight excluding hydrogens is 709 g/mol. The number of benzene rings is 3. The highest BCUT2D eigenvalue weighted by Gasteiger charge is 2.22. The molecule has 1 atom stereocenters. The van der Waals surface area contributed by atoms with Crippen LogP contribution in [0.3, 0.4) is 0 Å². The van der Waals surface area contributed by atoms with Gasteiger partial charge in [0.05, 0.1) is 22.4 Å². The zero-order chi connectivity index (χ0) is 38.9. The monoisotopic (exact) mass is 750 g/mol. The average molecular weight is 751 g/mol. The summed E-state index contributed by atoms with van der Waals surface area (Å²) in [7, 11) is 0. The van der Waals surface area contributed by atoms with Gasteiger partial charge in [0.15, 0.2) is 0 Å². The van der Waals surface area contributed by atoms with Gasteiger partial charge < -0.3 is 8.83 Å². The van der Waals surface area contributed by atoms with E-state index in [1.165, 1.54) is 23.1 Å². The number of rotatable bonds is 7. The van der Waals surface area contributed by atoms with Gasteiger partial charge in [-0.25, -0.2) is 9.97 Å². The number of aliphatic imine (C=N–C) groups is 2. The smallest absolute Gasteiger partial charge is 0.266 e. The van der Waals surface area contributed by atoms with Gasteiger partial charge in [0.1, 0.15) is 11.4 Å². The lowest BCUT2D eigenvalue weighted by Crippen LogP contribution is -2.13. The normalized spacial score (nSPS) is 15.2. The highest BCUT2D eigenvalue weighted by atomic mass is 16.4. The van der Waals surface area contributed by atoms with Crippen molar-refractivity contribution in [2.45, 2.75) is 65.7 Å². The number of hydrogen-bond acceptors (Lipinski definition) is 10. The van der Waals surface area contributed by atoms with Crippen LogP contribution >= 0.6 is 0 Å². The van der Waals surface area contributed by atoms with Crippen molar-refractivity contribution in [2.75, 3.05) is 0 Å². The van der Waals surface area contributed by atoms with E-state index in [1.807, 2.05) is 54.6 Å². The predicted octanol–water partition coefficient (Wildman–Crippen LogP) is 11.8. The maximum Gasteiger partial charge on any atom is 0.266 e. The molecule has 2 aliphatic heterocycles. The molecule has 3 aliphatic rings. The van der Waals surface area contributed by atoms with Crippen LogP contribution in [-0.4, -0.2) is 41.8 Å². The van der Waals surface area contributed by atoms with Crippen molar-refractivity contribution < 1.29 is 8.83 Å². The van der Waals surface area contributed by atoms with Crippen molar-refractivity contribution in [1.82, 2.24) is 30.4 Å². The molecule has 0 N–H and O–H groups in total. The number of pyridine rings is 2. The van der Waals surface area contributed by atoms with Crippen molar-refractivity contribution in [2.24, 2.45) is 15.9 Å². The lowest BCUT2D eigenvalue weighted by molar-refractivity contribution is 0.580. The molecule has 282 valence electrons. The fraction of sp³-hybridized carbons (Fsp3) is 0.234. The fourth-order valence-corrected chi connectivity index (χ4v) is 7.44. The first-order valence-corrected chi connectivity index (χ1v) is 19.8. The Hall–Kier alpha value is -6.68. The van der Waals surface area contributed by atoms with Crippen LogP contribution < -0.4 is 0 Å². The van der Waals surface area contributed by atoms with Crippen molar-refractivity contribution in [1.29, 1.82) is 0 Å². The number of aromatic nitrogens is 6. The van der Waals surface area contributed by atoms with Gasteiger partial charge in [-0.2, -0.15) is 0 Å². The van der Waals surface area contributed by atoms with E-state index < -0.39 is 0 Å². The van der Waals surface area contributed by atoms with E-state index in [2.05, 4.69) is 90.2 Å². The summed E-state index contributed by atoms with van der Waals surface area (Å²) in [6.45, 7) is 10.3. The third kappa shape index (κ3) is 7.03. The van der Waals surface area contributed by atoms with E-state index in [9.17, 15) is 0 Å². The average Bonchev–Trinajstić information content (AvgIpc) is 3.98. The van der Waals surface area contributed by atoms with Crippen LogP contribution in [0.25, 0.3) is 67.9 Å². The van der Waals surface area contributed by atoms with E-state index in [0.29, 0.717) is 46.1 Å². The van der Waals surface area contributed by atoms with E-state index >= 15 is 0 Å². The second-order valence-corrected chi connectivity index (χ2v) is 14.6. The molecule has 6 heterocycles. The number of nitrogens with zero attached hydrogens (tertiary/aromatic N) is 8. The second kappa shape index (κ2) is 15.5. The third-order valence-corrected chi connectivity index (χ3v) is 10.5. The third-order valence-electron chi connectivity index (χ3n) is 10.5. The van der Waals surface area contributed by atoms with Crippen molar-refractivity contribution in [3.63, 3.8) is 0 Å². The maximum atomic E-state index is 6.22. The highest BCUT2D eigenvalue weighted by Crippen LogP contribution is 2.38. The number of aryl methyl sites for hydroxylation is 2. The van der Waals surface area contributed by atoms with Gasteiger partial charge in [0.25, 0.3) is 11.8 Å². The van der Waals surface area contributed by atoms with Gasteiger partial charge >= 0.3 is 0 Å². The molecule has 57 heavy (non-hydrogen) atoms. The molecule has 10 nitrogen and oxygen atoms in total. The van der Waals surface area contributed by atoms with Gasteiger partial charge in [-0.05, 0) is 85.6 Å². The highest BCUT2D eigenvalue weighted by molar-refractivity contribution is 6.06. The molecule has 1 aliphatic carbocycles. The summed E-state index contributed by atoms with van der Waals surface area (Å²) in [5.74, 6) is 1.56. The minimum Gasteiger partial charge on any atom is -0.415 e. The summed E-state index contributed by atoms with van der Waals surface area (Å²) in [5, 5.41) is 19.5. The Morgan fingerprint density at radius 3 is 1.81 bits per heavy atom. The molecule has 10 rings (SSSR count). The molecule has 0 fully saturated rings. The van der Waals surface area contributed by atoms with Crippen LogP contribution in [0.15, 0.2) is 128 Å². The zero-order valence-corrected chi connectivity index (χ0v) is 32.4. The number of hydrogen-bond donors (Lipinski definition) is 0. The Bertz CT molecular complexity index is 2800. The zero-order valence-electron chi connectivity index (χ0n) is 32.4. The van der Waals surface area contributed by atoms with Gasteiger partial charge in [-0.1, -0.05) is 94.0 Å². The fourth-order valence-electron chi connectivity index (χ4n) is 7.44. The first-order chi connectivity index (χ1) is 28.0. The first kappa shape index (κ1) is 36.0. The molecule has 3 aromatic carbocycles. The second-order valence-electron chi connectivity index (χ2n) is 14.6. The van der Waals surface area contributed by atoms with Gasteiger partial charge in [0.2, 0.25) is 11.8 Å². The van der Waals surface area contributed by atoms with Gasteiger partial charge in [0, 0.05) is 39.2 Å². The molecule has 0 saturated carbocycles. The molecule has 0 saturated heterocycles. The van der Waals surface area contributed by atoms with Crippen molar-refractivity contribution >= 4 is 44.6 Å². The summed E-state index contributed by atoms with van der Waals surface area (Å²) in [4.78, 5) is 20.1.